The number of hydrogen-bond donors (Lipinski definition) is 1. The Kier molecular flexibility index (Phi) is 7.63. The van der Waals surface area contributed by atoms with Gasteiger partial charge in [0.2, 0.25) is 5.91 Å². The van der Waals surface area contributed by atoms with Crippen molar-refractivity contribution in [3.63, 3.8) is 0 Å². The molecule has 3 aromatic rings. The molecule has 0 unspecified atom stereocenters. The van der Waals surface area contributed by atoms with Crippen LogP contribution < -0.4 is 14.4 Å². The molecule has 0 radical (unpaired) electrons. The van der Waals surface area contributed by atoms with Gasteiger partial charge in [0.05, 0.1) is 28.6 Å². The zero-order valence-corrected chi connectivity index (χ0v) is 20.6. The molecule has 0 saturated heterocycles. The second-order valence-corrected chi connectivity index (χ2v) is 11.5. The predicted molar refractivity (Wildman–Crippen MR) is 130 cm³/mol. The van der Waals surface area contributed by atoms with Crippen LogP contribution in [0, 0.1) is 0 Å². The Hall–Kier alpha value is -3.37. The van der Waals surface area contributed by atoms with Crippen LogP contribution in [-0.2, 0) is 24.7 Å². The number of amides is 1. The van der Waals surface area contributed by atoms with Crippen LogP contribution in [0.1, 0.15) is 18.5 Å². The van der Waals surface area contributed by atoms with Crippen molar-refractivity contribution in [2.24, 2.45) is 0 Å². The number of nitrogens with zero attached hydrogens (tertiary/aromatic N) is 1. The van der Waals surface area contributed by atoms with Crippen LogP contribution >= 0.6 is 0 Å². The predicted octanol–water partition coefficient (Wildman–Crippen LogP) is 3.17. The van der Waals surface area contributed by atoms with Gasteiger partial charge in [0.1, 0.15) is 12.3 Å². The first-order valence-corrected chi connectivity index (χ1v) is 13.7. The summed E-state index contributed by atoms with van der Waals surface area (Å²) in [6.45, 7) is 1.28. The molecule has 3 aromatic carbocycles. The van der Waals surface area contributed by atoms with E-state index in [2.05, 4.69) is 5.32 Å². The molecule has 8 nitrogen and oxygen atoms in total. The van der Waals surface area contributed by atoms with Crippen molar-refractivity contribution in [2.75, 3.05) is 24.2 Å². The van der Waals surface area contributed by atoms with E-state index in [1.165, 1.54) is 31.4 Å². The van der Waals surface area contributed by atoms with E-state index in [1.54, 1.807) is 61.5 Å². The van der Waals surface area contributed by atoms with E-state index >= 15 is 0 Å². The van der Waals surface area contributed by atoms with Crippen LogP contribution in [0.3, 0.4) is 0 Å². The van der Waals surface area contributed by atoms with Crippen LogP contribution in [0.2, 0.25) is 0 Å². The molecule has 34 heavy (non-hydrogen) atoms. The molecule has 0 saturated carbocycles. The first kappa shape index (κ1) is 25.3. The van der Waals surface area contributed by atoms with Gasteiger partial charge in [-0.05, 0) is 61.0 Å². The van der Waals surface area contributed by atoms with Crippen LogP contribution in [-0.4, -0.2) is 42.7 Å². The molecule has 1 atom stereocenters. The normalized spacial score (nSPS) is 12.6. The highest BCUT2D eigenvalue weighted by Crippen LogP contribution is 2.26. The van der Waals surface area contributed by atoms with Crippen molar-refractivity contribution in [1.82, 2.24) is 5.32 Å². The minimum Gasteiger partial charge on any atom is -0.497 e. The standard InChI is InChI=1S/C24H26N2O6S2/c1-18(19-9-15-22(16-10-19)33(3,28)29)25-24(27)17-26(20-11-13-21(32-2)14-12-20)34(30,31)23-7-5-4-6-8-23/h4-16,18H,17H2,1-3H3,(H,25,27)/t18-/m0/s1. The van der Waals surface area contributed by atoms with Gasteiger partial charge in [-0.25, -0.2) is 16.8 Å². The van der Waals surface area contributed by atoms with E-state index in [9.17, 15) is 21.6 Å². The number of rotatable bonds is 9. The van der Waals surface area contributed by atoms with Crippen molar-refractivity contribution < 1.29 is 26.4 Å². The minimum atomic E-state index is -4.03. The van der Waals surface area contributed by atoms with E-state index in [1.807, 2.05) is 0 Å². The molecule has 3 rings (SSSR count). The van der Waals surface area contributed by atoms with Gasteiger partial charge < -0.3 is 10.1 Å². The second kappa shape index (κ2) is 10.3. The third-order valence-corrected chi connectivity index (χ3v) is 8.08. The molecule has 0 bridgehead atoms. The number of carbonyl (C=O) groups excluding carboxylic acids is 1. The number of carbonyl (C=O) groups is 1. The number of methoxy groups -OCH3 is 1. The smallest absolute Gasteiger partial charge is 0.264 e. The first-order chi connectivity index (χ1) is 16.0. The highest BCUT2D eigenvalue weighted by molar-refractivity contribution is 7.93. The third-order valence-electron chi connectivity index (χ3n) is 5.16. The molecule has 0 aliphatic heterocycles. The van der Waals surface area contributed by atoms with Crippen molar-refractivity contribution in [3.8, 4) is 5.75 Å². The van der Waals surface area contributed by atoms with E-state index in [4.69, 9.17) is 4.74 Å². The van der Waals surface area contributed by atoms with Crippen LogP contribution in [0.25, 0.3) is 0 Å². The summed E-state index contributed by atoms with van der Waals surface area (Å²) in [6.07, 6.45) is 1.12. The fourth-order valence-corrected chi connectivity index (χ4v) is 5.36. The Morgan fingerprint density at radius 2 is 1.47 bits per heavy atom. The van der Waals surface area contributed by atoms with Gasteiger partial charge in [0.25, 0.3) is 10.0 Å². The summed E-state index contributed by atoms with van der Waals surface area (Å²) in [5, 5.41) is 2.78. The zero-order valence-electron chi connectivity index (χ0n) is 19.0. The average Bonchev–Trinajstić information content (AvgIpc) is 2.82. The maximum Gasteiger partial charge on any atom is 0.264 e. The summed E-state index contributed by atoms with van der Waals surface area (Å²) in [5.74, 6) is 0.0337. The topological polar surface area (TPSA) is 110 Å². The highest BCUT2D eigenvalue weighted by atomic mass is 32.2. The van der Waals surface area contributed by atoms with Crippen molar-refractivity contribution >= 4 is 31.5 Å². The van der Waals surface area contributed by atoms with Gasteiger partial charge in [0, 0.05) is 6.26 Å². The minimum absolute atomic E-state index is 0.0584. The van der Waals surface area contributed by atoms with Crippen LogP contribution in [0.15, 0.2) is 88.7 Å². The fraction of sp³-hybridized carbons (Fsp3) is 0.208. The molecule has 0 heterocycles. The van der Waals surface area contributed by atoms with Gasteiger partial charge >= 0.3 is 0 Å². The first-order valence-electron chi connectivity index (χ1n) is 10.3. The largest absolute Gasteiger partial charge is 0.497 e. The number of ether oxygens (including phenoxy) is 1. The summed E-state index contributed by atoms with van der Waals surface area (Å²) >= 11 is 0. The zero-order chi connectivity index (χ0) is 24.9. The molecule has 0 aliphatic carbocycles. The van der Waals surface area contributed by atoms with Crippen molar-refractivity contribution in [2.45, 2.75) is 22.8 Å². The van der Waals surface area contributed by atoms with Gasteiger partial charge in [-0.2, -0.15) is 0 Å². The van der Waals surface area contributed by atoms with Crippen LogP contribution in [0.5, 0.6) is 5.75 Å². The molecular weight excluding hydrogens is 476 g/mol. The van der Waals surface area contributed by atoms with Gasteiger partial charge in [0.15, 0.2) is 9.84 Å². The van der Waals surface area contributed by atoms with Crippen molar-refractivity contribution in [1.29, 1.82) is 0 Å². The summed E-state index contributed by atoms with van der Waals surface area (Å²) < 4.78 is 56.2. The Bertz CT molecular complexity index is 1340. The number of anilines is 1. The molecule has 0 aliphatic rings. The van der Waals surface area contributed by atoms with Gasteiger partial charge in [-0.1, -0.05) is 30.3 Å². The van der Waals surface area contributed by atoms with E-state index in [0.717, 1.165) is 10.6 Å². The lowest BCUT2D eigenvalue weighted by atomic mass is 10.1. The second-order valence-electron chi connectivity index (χ2n) is 7.65. The number of benzene rings is 3. The fourth-order valence-electron chi connectivity index (χ4n) is 3.29. The van der Waals surface area contributed by atoms with Crippen LogP contribution in [0.4, 0.5) is 5.69 Å². The molecule has 0 spiro atoms. The monoisotopic (exact) mass is 502 g/mol. The molecular formula is C24H26N2O6S2. The lowest BCUT2D eigenvalue weighted by Crippen LogP contribution is -2.41. The number of sulfone groups is 1. The maximum absolute atomic E-state index is 13.4. The number of sulfonamides is 1. The molecule has 0 aromatic heterocycles. The number of nitrogens with one attached hydrogen (secondary N) is 1. The molecule has 1 N–H and O–H groups in total. The Labute approximate surface area is 200 Å². The molecule has 1 amide bonds. The van der Waals surface area contributed by atoms with Gasteiger partial charge in [-0.3, -0.25) is 9.10 Å². The average molecular weight is 503 g/mol. The molecule has 180 valence electrons. The van der Waals surface area contributed by atoms with Crippen molar-refractivity contribution in [3.05, 3.63) is 84.4 Å². The van der Waals surface area contributed by atoms with Gasteiger partial charge in [-0.15, -0.1) is 0 Å². The molecule has 0 fully saturated rings. The van der Waals surface area contributed by atoms with E-state index in [0.29, 0.717) is 17.0 Å². The summed E-state index contributed by atoms with van der Waals surface area (Å²) in [6, 6.07) is 19.9. The summed E-state index contributed by atoms with van der Waals surface area (Å²) in [5.41, 5.74) is 0.993. The summed E-state index contributed by atoms with van der Waals surface area (Å²) in [7, 11) is -5.85. The lowest BCUT2D eigenvalue weighted by Gasteiger charge is -2.25. The van der Waals surface area contributed by atoms with E-state index < -0.39 is 38.4 Å². The molecule has 10 heteroatoms. The Morgan fingerprint density at radius 3 is 2.00 bits per heavy atom. The Morgan fingerprint density at radius 1 is 0.882 bits per heavy atom. The highest BCUT2D eigenvalue weighted by Gasteiger charge is 2.27. The maximum atomic E-state index is 13.4. The van der Waals surface area contributed by atoms with E-state index in [-0.39, 0.29) is 9.79 Å². The lowest BCUT2D eigenvalue weighted by molar-refractivity contribution is -0.120. The summed E-state index contributed by atoms with van der Waals surface area (Å²) in [4.78, 5) is 13.1. The third kappa shape index (κ3) is 5.95. The Balaban J connectivity index is 1.84. The number of hydrogen-bond acceptors (Lipinski definition) is 6. The quantitative estimate of drug-likeness (QED) is 0.481. The SMILES string of the molecule is COc1ccc(N(CC(=O)N[C@@H](C)c2ccc(S(C)(=O)=O)cc2)S(=O)(=O)c2ccccc2)cc1.